The third-order valence-electron chi connectivity index (χ3n) is 6.94. The highest BCUT2D eigenvalue weighted by molar-refractivity contribution is 7.92. The number of carbonyl (C=O) groups excluding carboxylic acids is 2. The number of anilines is 1. The summed E-state index contributed by atoms with van der Waals surface area (Å²) in [5.74, 6) is 0.405. The molecule has 0 fully saturated rings. The molecule has 9 nitrogen and oxygen atoms in total. The molecule has 3 aromatic carbocycles. The van der Waals surface area contributed by atoms with Gasteiger partial charge in [0.15, 0.2) is 11.5 Å². The number of nitrogens with zero attached hydrogens (tertiary/aromatic N) is 2. The van der Waals surface area contributed by atoms with Crippen LogP contribution < -0.4 is 19.1 Å². The highest BCUT2D eigenvalue weighted by Gasteiger charge is 2.31. The number of halogens is 2. The van der Waals surface area contributed by atoms with Crippen LogP contribution in [0.15, 0.2) is 66.7 Å². The molecule has 0 unspecified atom stereocenters. The van der Waals surface area contributed by atoms with Gasteiger partial charge in [0.2, 0.25) is 21.8 Å². The first kappa shape index (κ1) is 32.4. The number of hydrogen-bond donors (Lipinski definition) is 1. The quantitative estimate of drug-likeness (QED) is 0.277. The number of likely N-dealkylation sites (N-methyl/N-ethyl adjacent to an activating group) is 1. The predicted octanol–water partition coefficient (Wildman–Crippen LogP) is 5.09. The Morgan fingerprint density at radius 1 is 0.977 bits per heavy atom. The Morgan fingerprint density at radius 3 is 2.37 bits per heavy atom. The summed E-state index contributed by atoms with van der Waals surface area (Å²) in [6.45, 7) is 3.12. The summed E-state index contributed by atoms with van der Waals surface area (Å²) in [5.41, 5.74) is 1.93. The number of rotatable bonds is 13. The van der Waals surface area contributed by atoms with Crippen molar-refractivity contribution in [3.63, 3.8) is 0 Å². The van der Waals surface area contributed by atoms with Crippen LogP contribution >= 0.6 is 23.2 Å². The molecule has 1 aliphatic rings. The van der Waals surface area contributed by atoms with E-state index in [2.05, 4.69) is 5.32 Å². The minimum Gasteiger partial charge on any atom is -0.486 e. The molecule has 43 heavy (non-hydrogen) atoms. The summed E-state index contributed by atoms with van der Waals surface area (Å²) >= 11 is 12.6. The summed E-state index contributed by atoms with van der Waals surface area (Å²) in [4.78, 5) is 28.8. The fourth-order valence-corrected chi connectivity index (χ4v) is 6.30. The van der Waals surface area contributed by atoms with Crippen LogP contribution in [0.2, 0.25) is 10.0 Å². The van der Waals surface area contributed by atoms with Crippen LogP contribution in [0.1, 0.15) is 30.9 Å². The third-order valence-corrected chi connectivity index (χ3v) is 8.72. The SMILES string of the molecule is CCNC(=O)[C@@H](Cc1ccccc1)N(Cc1ccc(Cl)cc1Cl)C(=O)CCCN(c1ccc2c(c1)OCCO2)S(C)(=O)=O. The molecule has 12 heteroatoms. The molecule has 0 saturated carbocycles. The number of fused-ring (bicyclic) bond motifs is 1. The Kier molecular flexibility index (Phi) is 11.2. The predicted molar refractivity (Wildman–Crippen MR) is 168 cm³/mol. The van der Waals surface area contributed by atoms with Crippen LogP contribution in [0, 0.1) is 0 Å². The first-order valence-corrected chi connectivity index (χ1v) is 16.6. The summed E-state index contributed by atoms with van der Waals surface area (Å²) in [5, 5.41) is 3.69. The van der Waals surface area contributed by atoms with Crippen molar-refractivity contribution in [1.29, 1.82) is 0 Å². The molecule has 0 aliphatic carbocycles. The molecule has 3 aromatic rings. The molecule has 1 atom stereocenters. The fraction of sp³-hybridized carbons (Fsp3) is 0.355. The fourth-order valence-electron chi connectivity index (χ4n) is 4.87. The topological polar surface area (TPSA) is 105 Å². The number of carbonyl (C=O) groups is 2. The largest absolute Gasteiger partial charge is 0.486 e. The molecule has 2 amide bonds. The standard InChI is InChI=1S/C31H35Cl2N3O6S/c1-3-34-31(38)27(18-22-8-5-4-6-9-22)35(21-23-11-12-24(32)19-26(23)33)30(37)10-7-15-36(43(2,39)40)25-13-14-28-29(20-25)42-17-16-41-28/h4-6,8-9,11-14,19-20,27H,3,7,10,15-18,21H2,1-2H3,(H,34,38)/t27-/m1/s1. The first-order valence-electron chi connectivity index (χ1n) is 14.0. The van der Waals surface area contributed by atoms with Gasteiger partial charge in [-0.15, -0.1) is 0 Å². The van der Waals surface area contributed by atoms with E-state index in [4.69, 9.17) is 32.7 Å². The van der Waals surface area contributed by atoms with Gasteiger partial charge >= 0.3 is 0 Å². The Bertz CT molecular complexity index is 1540. The van der Waals surface area contributed by atoms with Crippen molar-refractivity contribution in [3.8, 4) is 11.5 Å². The van der Waals surface area contributed by atoms with Gasteiger partial charge in [0.25, 0.3) is 0 Å². The van der Waals surface area contributed by atoms with Crippen molar-refractivity contribution < 1.29 is 27.5 Å². The van der Waals surface area contributed by atoms with Gasteiger partial charge in [0, 0.05) is 48.6 Å². The highest BCUT2D eigenvalue weighted by Crippen LogP contribution is 2.35. The van der Waals surface area contributed by atoms with E-state index in [1.54, 1.807) is 36.4 Å². The van der Waals surface area contributed by atoms with Gasteiger partial charge < -0.3 is 19.7 Å². The van der Waals surface area contributed by atoms with Crippen molar-refractivity contribution >= 4 is 50.7 Å². The third kappa shape index (κ3) is 8.78. The van der Waals surface area contributed by atoms with Crippen LogP contribution in [-0.4, -0.2) is 63.7 Å². The van der Waals surface area contributed by atoms with E-state index >= 15 is 0 Å². The summed E-state index contributed by atoms with van der Waals surface area (Å²) in [6, 6.07) is 18.6. The molecule has 230 valence electrons. The lowest BCUT2D eigenvalue weighted by molar-refractivity contribution is -0.141. The second kappa shape index (κ2) is 14.8. The molecule has 0 bridgehead atoms. The Hall–Kier alpha value is -3.47. The minimum atomic E-state index is -3.68. The zero-order chi connectivity index (χ0) is 31.0. The maximum absolute atomic E-state index is 13.9. The van der Waals surface area contributed by atoms with Crippen molar-refractivity contribution in [2.45, 2.75) is 38.8 Å². The van der Waals surface area contributed by atoms with Gasteiger partial charge in [-0.05, 0) is 48.7 Å². The molecular weight excluding hydrogens is 613 g/mol. The Labute approximate surface area is 262 Å². The van der Waals surface area contributed by atoms with Crippen LogP contribution in [0.25, 0.3) is 0 Å². The zero-order valence-corrected chi connectivity index (χ0v) is 26.4. The van der Waals surface area contributed by atoms with Crippen molar-refractivity contribution in [3.05, 3.63) is 87.9 Å². The monoisotopic (exact) mass is 647 g/mol. The summed E-state index contributed by atoms with van der Waals surface area (Å²) in [7, 11) is -3.68. The molecule has 1 aliphatic heterocycles. The molecule has 0 aromatic heterocycles. The van der Waals surface area contributed by atoms with Gasteiger partial charge in [-0.25, -0.2) is 8.42 Å². The lowest BCUT2D eigenvalue weighted by Crippen LogP contribution is -2.50. The van der Waals surface area contributed by atoms with E-state index in [1.165, 1.54) is 9.21 Å². The van der Waals surface area contributed by atoms with Crippen molar-refractivity contribution in [1.82, 2.24) is 10.2 Å². The van der Waals surface area contributed by atoms with E-state index < -0.39 is 16.1 Å². The second-order valence-corrected chi connectivity index (χ2v) is 12.9. The van der Waals surface area contributed by atoms with E-state index in [1.807, 2.05) is 37.3 Å². The van der Waals surface area contributed by atoms with Gasteiger partial charge in [-0.1, -0.05) is 59.6 Å². The van der Waals surface area contributed by atoms with E-state index in [9.17, 15) is 18.0 Å². The lowest BCUT2D eigenvalue weighted by Gasteiger charge is -2.32. The molecule has 0 saturated heterocycles. The number of ether oxygens (including phenoxy) is 2. The van der Waals surface area contributed by atoms with Gasteiger partial charge in [-0.3, -0.25) is 13.9 Å². The molecule has 1 N–H and O–H groups in total. The number of hydrogen-bond acceptors (Lipinski definition) is 6. The van der Waals surface area contributed by atoms with E-state index in [0.717, 1.165) is 11.8 Å². The highest BCUT2D eigenvalue weighted by atomic mass is 35.5. The molecular formula is C31H35Cl2N3O6S. The molecule has 4 rings (SSSR count). The smallest absolute Gasteiger partial charge is 0.243 e. The first-order chi connectivity index (χ1) is 20.6. The van der Waals surface area contributed by atoms with Gasteiger partial charge in [0.05, 0.1) is 11.9 Å². The van der Waals surface area contributed by atoms with Crippen LogP contribution in [-0.2, 0) is 32.6 Å². The molecule has 0 spiro atoms. The second-order valence-electron chi connectivity index (χ2n) is 10.1. The summed E-state index contributed by atoms with van der Waals surface area (Å²) in [6.07, 6.45) is 1.60. The van der Waals surface area contributed by atoms with Gasteiger partial charge in [0.1, 0.15) is 19.3 Å². The Morgan fingerprint density at radius 2 is 1.70 bits per heavy atom. The van der Waals surface area contributed by atoms with E-state index in [-0.39, 0.29) is 44.2 Å². The molecule has 1 heterocycles. The molecule has 0 radical (unpaired) electrons. The van der Waals surface area contributed by atoms with Gasteiger partial charge in [-0.2, -0.15) is 0 Å². The van der Waals surface area contributed by atoms with Crippen LogP contribution in [0.3, 0.4) is 0 Å². The number of amides is 2. The normalized spacial score (nSPS) is 13.2. The number of sulfonamides is 1. The van der Waals surface area contributed by atoms with Crippen LogP contribution in [0.4, 0.5) is 5.69 Å². The average molecular weight is 649 g/mol. The zero-order valence-electron chi connectivity index (χ0n) is 24.1. The number of nitrogens with one attached hydrogen (secondary N) is 1. The summed E-state index contributed by atoms with van der Waals surface area (Å²) < 4.78 is 38.0. The van der Waals surface area contributed by atoms with E-state index in [0.29, 0.717) is 52.6 Å². The van der Waals surface area contributed by atoms with Crippen molar-refractivity contribution in [2.24, 2.45) is 0 Å². The van der Waals surface area contributed by atoms with Crippen molar-refractivity contribution in [2.75, 3.05) is 36.9 Å². The maximum Gasteiger partial charge on any atom is 0.243 e. The van der Waals surface area contributed by atoms with Crippen LogP contribution in [0.5, 0.6) is 11.5 Å². The maximum atomic E-state index is 13.9. The average Bonchev–Trinajstić information content (AvgIpc) is 2.97. The Balaban J connectivity index is 1.58. The lowest BCUT2D eigenvalue weighted by atomic mass is 10.0. The minimum absolute atomic E-state index is 0.00746. The number of benzene rings is 3.